The molecular weight excluding hydrogens is 270 g/mol. The van der Waals surface area contributed by atoms with Gasteiger partial charge in [-0.3, -0.25) is 0 Å². The van der Waals surface area contributed by atoms with Crippen molar-refractivity contribution in [3.8, 4) is 0 Å². The smallest absolute Gasteiger partial charge is 0.209 e. The minimum atomic E-state index is -3.34. The number of anilines is 1. The molecule has 7 heteroatoms. The summed E-state index contributed by atoms with van der Waals surface area (Å²) in [7, 11) is -3.34. The van der Waals surface area contributed by atoms with Gasteiger partial charge in [-0.15, -0.1) is 11.3 Å². The molecule has 1 aliphatic carbocycles. The summed E-state index contributed by atoms with van der Waals surface area (Å²) in [4.78, 5) is 4.46. The Bertz CT molecular complexity index is 498. The van der Waals surface area contributed by atoms with Crippen LogP contribution in [0.2, 0.25) is 0 Å². The van der Waals surface area contributed by atoms with Gasteiger partial charge >= 0.3 is 0 Å². The van der Waals surface area contributed by atoms with Crippen molar-refractivity contribution in [1.82, 2.24) is 4.98 Å². The van der Waals surface area contributed by atoms with Crippen molar-refractivity contribution in [2.45, 2.75) is 38.6 Å². The molecule has 0 saturated heterocycles. The van der Waals surface area contributed by atoms with Crippen LogP contribution in [-0.2, 0) is 16.4 Å². The van der Waals surface area contributed by atoms with E-state index in [4.69, 9.17) is 5.14 Å². The van der Waals surface area contributed by atoms with E-state index in [2.05, 4.69) is 22.6 Å². The molecule has 2 rings (SSSR count). The van der Waals surface area contributed by atoms with Gasteiger partial charge in [-0.25, -0.2) is 18.5 Å². The molecule has 1 aromatic rings. The van der Waals surface area contributed by atoms with Crippen molar-refractivity contribution in [3.63, 3.8) is 0 Å². The van der Waals surface area contributed by atoms with Crippen molar-refractivity contribution in [3.05, 3.63) is 11.1 Å². The zero-order chi connectivity index (χ0) is 13.2. The largest absolute Gasteiger partial charge is 0.359 e. The lowest BCUT2D eigenvalue weighted by Gasteiger charge is -2.11. The number of nitrogens with two attached hydrogens (primary N) is 1. The lowest BCUT2D eigenvalue weighted by Crippen LogP contribution is -2.23. The molecule has 1 saturated carbocycles. The summed E-state index contributed by atoms with van der Waals surface area (Å²) in [5, 5.41) is 11.5. The number of sulfonamides is 1. The van der Waals surface area contributed by atoms with Crippen LogP contribution in [0.1, 0.15) is 31.9 Å². The molecule has 0 unspecified atom stereocenters. The predicted octanol–water partition coefficient (Wildman–Crippen LogP) is 1.57. The van der Waals surface area contributed by atoms with Gasteiger partial charge in [0.15, 0.2) is 5.13 Å². The van der Waals surface area contributed by atoms with E-state index in [1.807, 2.05) is 0 Å². The maximum absolute atomic E-state index is 11.0. The first-order chi connectivity index (χ1) is 8.46. The van der Waals surface area contributed by atoms with Crippen LogP contribution in [-0.4, -0.2) is 25.2 Å². The van der Waals surface area contributed by atoms with Crippen molar-refractivity contribution >= 4 is 26.5 Å². The number of rotatable bonds is 5. The molecule has 1 aliphatic rings. The minimum absolute atomic E-state index is 0.100. The van der Waals surface area contributed by atoms with Gasteiger partial charge in [0, 0.05) is 11.4 Å². The number of aryl methyl sites for hydroxylation is 1. The third-order valence-electron chi connectivity index (χ3n) is 3.25. The van der Waals surface area contributed by atoms with Crippen molar-refractivity contribution < 1.29 is 8.42 Å². The van der Waals surface area contributed by atoms with Crippen LogP contribution in [0.5, 0.6) is 0 Å². The molecule has 2 atom stereocenters. The Morgan fingerprint density at radius 1 is 1.56 bits per heavy atom. The van der Waals surface area contributed by atoms with Gasteiger partial charge in [-0.05, 0) is 31.6 Å². The Morgan fingerprint density at radius 2 is 2.33 bits per heavy atom. The Hall–Kier alpha value is -0.660. The van der Waals surface area contributed by atoms with E-state index in [1.54, 1.807) is 11.3 Å². The molecule has 1 aromatic heterocycles. The number of thiazole rings is 1. The highest BCUT2D eigenvalue weighted by atomic mass is 32.2. The fraction of sp³-hybridized carbons (Fsp3) is 0.727. The van der Waals surface area contributed by atoms with Gasteiger partial charge in [0.05, 0.1) is 11.4 Å². The first kappa shape index (κ1) is 13.8. The van der Waals surface area contributed by atoms with Gasteiger partial charge in [0.1, 0.15) is 0 Å². The first-order valence-electron chi connectivity index (χ1n) is 6.17. The number of hydrogen-bond donors (Lipinski definition) is 2. The molecule has 5 nitrogen and oxygen atoms in total. The second kappa shape index (κ2) is 5.54. The van der Waals surface area contributed by atoms with Gasteiger partial charge < -0.3 is 5.32 Å². The normalized spacial score (nSPS) is 24.3. The Kier molecular flexibility index (Phi) is 4.24. The van der Waals surface area contributed by atoms with E-state index in [0.29, 0.717) is 6.04 Å². The number of nitrogens with one attached hydrogen (secondary N) is 1. The van der Waals surface area contributed by atoms with E-state index in [0.717, 1.165) is 36.5 Å². The summed E-state index contributed by atoms with van der Waals surface area (Å²) >= 11 is 1.61. The molecule has 0 spiro atoms. The monoisotopic (exact) mass is 289 g/mol. The zero-order valence-electron chi connectivity index (χ0n) is 10.4. The fourth-order valence-corrected chi connectivity index (χ4v) is 4.23. The van der Waals surface area contributed by atoms with Gasteiger partial charge in [0.2, 0.25) is 10.0 Å². The molecule has 102 valence electrons. The Labute approximate surface area is 112 Å². The maximum Gasteiger partial charge on any atom is 0.209 e. The van der Waals surface area contributed by atoms with E-state index >= 15 is 0 Å². The van der Waals surface area contributed by atoms with Gasteiger partial charge in [-0.1, -0.05) is 6.92 Å². The van der Waals surface area contributed by atoms with Crippen LogP contribution in [0.15, 0.2) is 5.38 Å². The molecule has 0 aliphatic heterocycles. The number of aromatic nitrogens is 1. The van der Waals surface area contributed by atoms with E-state index in [1.165, 1.54) is 0 Å². The molecule has 1 fully saturated rings. The van der Waals surface area contributed by atoms with E-state index in [9.17, 15) is 8.42 Å². The molecule has 0 radical (unpaired) electrons. The van der Waals surface area contributed by atoms with E-state index in [-0.39, 0.29) is 11.7 Å². The molecule has 0 bridgehead atoms. The lowest BCUT2D eigenvalue weighted by molar-refractivity contribution is 0.557. The summed E-state index contributed by atoms with van der Waals surface area (Å²) < 4.78 is 22.1. The molecule has 18 heavy (non-hydrogen) atoms. The first-order valence-corrected chi connectivity index (χ1v) is 8.77. The van der Waals surface area contributed by atoms with Crippen molar-refractivity contribution in [2.24, 2.45) is 11.1 Å². The van der Waals surface area contributed by atoms with Crippen LogP contribution >= 0.6 is 11.3 Å². The van der Waals surface area contributed by atoms with Gasteiger partial charge in [0.25, 0.3) is 0 Å². The molecule has 0 amide bonds. The topological polar surface area (TPSA) is 85.1 Å². The third kappa shape index (κ3) is 3.93. The summed E-state index contributed by atoms with van der Waals surface area (Å²) in [6.45, 7) is 2.08. The molecule has 3 N–H and O–H groups in total. The van der Waals surface area contributed by atoms with Crippen molar-refractivity contribution in [1.29, 1.82) is 0 Å². The lowest BCUT2D eigenvalue weighted by atomic mass is 10.1. The van der Waals surface area contributed by atoms with Crippen LogP contribution in [0.25, 0.3) is 0 Å². The molecule has 1 heterocycles. The summed E-state index contributed by atoms with van der Waals surface area (Å²) in [6, 6.07) is 0.326. The fourth-order valence-electron chi connectivity index (χ4n) is 2.40. The number of primary sulfonamides is 1. The highest BCUT2D eigenvalue weighted by molar-refractivity contribution is 7.89. The maximum atomic E-state index is 11.0. The number of hydrogen-bond acceptors (Lipinski definition) is 5. The predicted molar refractivity (Wildman–Crippen MR) is 74.2 cm³/mol. The second-order valence-electron chi connectivity index (χ2n) is 4.85. The summed E-state index contributed by atoms with van der Waals surface area (Å²) in [5.74, 6) is 0.284. The average molecular weight is 289 g/mol. The van der Waals surface area contributed by atoms with Crippen LogP contribution in [0.4, 0.5) is 5.13 Å². The standard InChI is InChI=1S/C11H19N3O2S2/c1-2-9-6-17-11(13-9)14-10-4-3-8(5-10)7-18(12,15)16/h6,8,10H,2-5,7H2,1H3,(H,13,14)(H2,12,15,16)/t8-,10+/m0/s1. The van der Waals surface area contributed by atoms with Crippen LogP contribution < -0.4 is 10.5 Å². The highest BCUT2D eigenvalue weighted by Crippen LogP contribution is 2.29. The van der Waals surface area contributed by atoms with Crippen molar-refractivity contribution in [2.75, 3.05) is 11.1 Å². The van der Waals surface area contributed by atoms with Crippen LogP contribution in [0.3, 0.4) is 0 Å². The molecule has 0 aromatic carbocycles. The summed E-state index contributed by atoms with van der Waals surface area (Å²) in [6.07, 6.45) is 3.70. The second-order valence-corrected chi connectivity index (χ2v) is 7.36. The number of nitrogens with zero attached hydrogens (tertiary/aromatic N) is 1. The van der Waals surface area contributed by atoms with Crippen LogP contribution in [0, 0.1) is 5.92 Å². The molecular formula is C11H19N3O2S2. The van der Waals surface area contributed by atoms with E-state index < -0.39 is 10.0 Å². The zero-order valence-corrected chi connectivity index (χ0v) is 12.1. The summed E-state index contributed by atoms with van der Waals surface area (Å²) in [5.41, 5.74) is 1.10. The Balaban J connectivity index is 1.86. The SMILES string of the molecule is CCc1csc(N[C@@H]2CC[C@H](CS(N)(=O)=O)C2)n1. The Morgan fingerprint density at radius 3 is 2.94 bits per heavy atom. The average Bonchev–Trinajstić information content (AvgIpc) is 2.86. The highest BCUT2D eigenvalue weighted by Gasteiger charge is 2.27. The van der Waals surface area contributed by atoms with Gasteiger partial charge in [-0.2, -0.15) is 0 Å². The minimum Gasteiger partial charge on any atom is -0.359 e. The third-order valence-corrected chi connectivity index (χ3v) is 5.01. The quantitative estimate of drug-likeness (QED) is 0.861.